The maximum atomic E-state index is 10.8. The SMILES string of the molecule is CC1=CC=C(N)C(C(=O)O)C1C. The quantitative estimate of drug-likeness (QED) is 0.615. The van der Waals surface area contributed by atoms with E-state index in [1.54, 1.807) is 6.08 Å². The van der Waals surface area contributed by atoms with Gasteiger partial charge in [0, 0.05) is 5.70 Å². The van der Waals surface area contributed by atoms with Crippen LogP contribution in [-0.4, -0.2) is 11.1 Å². The molecule has 1 aliphatic rings. The summed E-state index contributed by atoms with van der Waals surface area (Å²) in [6.45, 7) is 3.80. The van der Waals surface area contributed by atoms with Gasteiger partial charge in [0.25, 0.3) is 0 Å². The van der Waals surface area contributed by atoms with E-state index in [0.29, 0.717) is 5.70 Å². The summed E-state index contributed by atoms with van der Waals surface area (Å²) in [5, 5.41) is 8.85. The maximum absolute atomic E-state index is 10.8. The molecule has 1 rings (SSSR count). The lowest BCUT2D eigenvalue weighted by molar-refractivity contribution is -0.141. The first-order valence-corrected chi connectivity index (χ1v) is 3.90. The highest BCUT2D eigenvalue weighted by Gasteiger charge is 2.29. The number of allylic oxidation sites excluding steroid dienone is 3. The Labute approximate surface area is 71.6 Å². The van der Waals surface area contributed by atoms with Crippen LogP contribution in [0.4, 0.5) is 0 Å². The average molecular weight is 167 g/mol. The van der Waals surface area contributed by atoms with Gasteiger partial charge in [0.2, 0.25) is 0 Å². The van der Waals surface area contributed by atoms with Gasteiger partial charge in [-0.3, -0.25) is 4.79 Å². The van der Waals surface area contributed by atoms with E-state index < -0.39 is 11.9 Å². The van der Waals surface area contributed by atoms with E-state index in [2.05, 4.69) is 0 Å². The smallest absolute Gasteiger partial charge is 0.313 e. The summed E-state index contributed by atoms with van der Waals surface area (Å²) in [7, 11) is 0. The molecule has 3 nitrogen and oxygen atoms in total. The summed E-state index contributed by atoms with van der Waals surface area (Å²) >= 11 is 0. The molecule has 0 aromatic rings. The molecule has 1 aliphatic carbocycles. The highest BCUT2D eigenvalue weighted by Crippen LogP contribution is 2.28. The van der Waals surface area contributed by atoms with Gasteiger partial charge in [0.1, 0.15) is 5.92 Å². The Kier molecular flexibility index (Phi) is 2.22. The molecule has 12 heavy (non-hydrogen) atoms. The van der Waals surface area contributed by atoms with Crippen molar-refractivity contribution in [3.05, 3.63) is 23.4 Å². The second-order valence-corrected chi connectivity index (χ2v) is 3.18. The van der Waals surface area contributed by atoms with E-state index in [1.165, 1.54) is 0 Å². The van der Waals surface area contributed by atoms with Crippen molar-refractivity contribution >= 4 is 5.97 Å². The molecule has 0 spiro atoms. The predicted octanol–water partition coefficient (Wildman–Crippen LogP) is 1.13. The van der Waals surface area contributed by atoms with Gasteiger partial charge >= 0.3 is 5.97 Å². The second kappa shape index (κ2) is 3.01. The van der Waals surface area contributed by atoms with Crippen LogP contribution < -0.4 is 5.73 Å². The van der Waals surface area contributed by atoms with Gasteiger partial charge in [-0.05, 0) is 18.9 Å². The summed E-state index contributed by atoms with van der Waals surface area (Å²) in [6, 6.07) is 0. The molecule has 0 heterocycles. The third-order valence-electron chi connectivity index (χ3n) is 2.38. The van der Waals surface area contributed by atoms with Crippen molar-refractivity contribution in [1.29, 1.82) is 0 Å². The first-order valence-electron chi connectivity index (χ1n) is 3.90. The Balaban J connectivity index is 2.97. The largest absolute Gasteiger partial charge is 0.481 e. The molecule has 0 radical (unpaired) electrons. The van der Waals surface area contributed by atoms with Crippen LogP contribution in [0.5, 0.6) is 0 Å². The zero-order valence-corrected chi connectivity index (χ0v) is 7.24. The Morgan fingerprint density at radius 3 is 2.58 bits per heavy atom. The maximum Gasteiger partial charge on any atom is 0.313 e. The lowest BCUT2D eigenvalue weighted by Gasteiger charge is -2.24. The molecule has 0 aromatic carbocycles. The Bertz CT molecular complexity index is 266. The number of hydrogen-bond acceptors (Lipinski definition) is 2. The van der Waals surface area contributed by atoms with E-state index >= 15 is 0 Å². The summed E-state index contributed by atoms with van der Waals surface area (Å²) < 4.78 is 0. The van der Waals surface area contributed by atoms with Crippen molar-refractivity contribution in [2.75, 3.05) is 0 Å². The third kappa shape index (κ3) is 1.35. The molecule has 0 aromatic heterocycles. The summed E-state index contributed by atoms with van der Waals surface area (Å²) in [5.74, 6) is -1.38. The van der Waals surface area contributed by atoms with E-state index in [9.17, 15) is 4.79 Å². The molecule has 0 saturated heterocycles. The molecule has 0 saturated carbocycles. The first kappa shape index (κ1) is 8.84. The van der Waals surface area contributed by atoms with E-state index in [1.807, 2.05) is 19.9 Å². The second-order valence-electron chi connectivity index (χ2n) is 3.18. The van der Waals surface area contributed by atoms with Gasteiger partial charge in [-0.25, -0.2) is 0 Å². The molecular weight excluding hydrogens is 154 g/mol. The van der Waals surface area contributed by atoms with E-state index in [-0.39, 0.29) is 5.92 Å². The van der Waals surface area contributed by atoms with Crippen LogP contribution >= 0.6 is 0 Å². The summed E-state index contributed by atoms with van der Waals surface area (Å²) in [4.78, 5) is 10.8. The van der Waals surface area contributed by atoms with Gasteiger partial charge in [-0.15, -0.1) is 0 Å². The lowest BCUT2D eigenvalue weighted by atomic mass is 9.82. The van der Waals surface area contributed by atoms with Crippen LogP contribution in [0.2, 0.25) is 0 Å². The number of carboxylic acid groups (broad SMARTS) is 1. The number of nitrogens with two attached hydrogens (primary N) is 1. The predicted molar refractivity (Wildman–Crippen MR) is 46.3 cm³/mol. The normalized spacial score (nSPS) is 29.2. The van der Waals surface area contributed by atoms with Gasteiger partial charge < -0.3 is 10.8 Å². The van der Waals surface area contributed by atoms with Crippen LogP contribution in [0, 0.1) is 11.8 Å². The Hall–Kier alpha value is -1.25. The van der Waals surface area contributed by atoms with Crippen LogP contribution in [-0.2, 0) is 4.79 Å². The minimum Gasteiger partial charge on any atom is -0.481 e. The minimum absolute atomic E-state index is 0.00694. The Morgan fingerprint density at radius 1 is 1.58 bits per heavy atom. The van der Waals surface area contributed by atoms with Crippen LogP contribution in [0.1, 0.15) is 13.8 Å². The van der Waals surface area contributed by atoms with Gasteiger partial charge in [-0.1, -0.05) is 18.6 Å². The number of carboxylic acids is 1. The fraction of sp³-hybridized carbons (Fsp3) is 0.444. The van der Waals surface area contributed by atoms with E-state index in [4.69, 9.17) is 10.8 Å². The molecule has 0 bridgehead atoms. The van der Waals surface area contributed by atoms with Crippen molar-refractivity contribution in [2.45, 2.75) is 13.8 Å². The average Bonchev–Trinajstić information content (AvgIpc) is 1.97. The van der Waals surface area contributed by atoms with Crippen LogP contribution in [0.15, 0.2) is 23.4 Å². The topological polar surface area (TPSA) is 63.3 Å². The molecule has 2 unspecified atom stereocenters. The van der Waals surface area contributed by atoms with Crippen molar-refractivity contribution in [2.24, 2.45) is 17.6 Å². The monoisotopic (exact) mass is 167 g/mol. The van der Waals surface area contributed by atoms with Gasteiger partial charge in [-0.2, -0.15) is 0 Å². The van der Waals surface area contributed by atoms with Crippen molar-refractivity contribution in [3.8, 4) is 0 Å². The Morgan fingerprint density at radius 2 is 2.17 bits per heavy atom. The van der Waals surface area contributed by atoms with Crippen molar-refractivity contribution in [3.63, 3.8) is 0 Å². The van der Waals surface area contributed by atoms with Crippen molar-refractivity contribution in [1.82, 2.24) is 0 Å². The number of aliphatic carboxylic acids is 1. The molecule has 66 valence electrons. The number of carbonyl (C=O) groups is 1. The third-order valence-corrected chi connectivity index (χ3v) is 2.38. The molecular formula is C9H13NO2. The molecule has 0 amide bonds. The highest BCUT2D eigenvalue weighted by molar-refractivity contribution is 5.75. The molecule has 3 N–H and O–H groups in total. The molecule has 0 fully saturated rings. The van der Waals surface area contributed by atoms with E-state index in [0.717, 1.165) is 5.57 Å². The molecule has 0 aliphatic heterocycles. The van der Waals surface area contributed by atoms with Crippen LogP contribution in [0.3, 0.4) is 0 Å². The summed E-state index contributed by atoms with van der Waals surface area (Å²) in [5.41, 5.74) is 7.08. The van der Waals surface area contributed by atoms with Crippen LogP contribution in [0.25, 0.3) is 0 Å². The zero-order valence-electron chi connectivity index (χ0n) is 7.24. The van der Waals surface area contributed by atoms with Crippen molar-refractivity contribution < 1.29 is 9.90 Å². The van der Waals surface area contributed by atoms with Gasteiger partial charge in [0.05, 0.1) is 0 Å². The first-order chi connectivity index (χ1) is 5.54. The number of hydrogen-bond donors (Lipinski definition) is 2. The number of rotatable bonds is 1. The van der Waals surface area contributed by atoms with Gasteiger partial charge in [0.15, 0.2) is 0 Å². The summed E-state index contributed by atoms with van der Waals surface area (Å²) in [6.07, 6.45) is 3.55. The standard InChI is InChI=1S/C9H13NO2/c1-5-3-4-7(10)8(6(5)2)9(11)12/h3-4,6,8H,10H2,1-2H3,(H,11,12). The highest BCUT2D eigenvalue weighted by atomic mass is 16.4. The molecule has 2 atom stereocenters. The zero-order chi connectivity index (χ0) is 9.30. The minimum atomic E-state index is -0.844. The lowest BCUT2D eigenvalue weighted by Crippen LogP contribution is -2.29. The molecule has 3 heteroatoms. The fourth-order valence-electron chi connectivity index (χ4n) is 1.39. The fourth-order valence-corrected chi connectivity index (χ4v) is 1.39.